The first-order valence-electron chi connectivity index (χ1n) is 7.96. The molecule has 3 heterocycles. The van der Waals surface area contributed by atoms with Crippen LogP contribution in [0.25, 0.3) is 22.1 Å². The van der Waals surface area contributed by atoms with E-state index in [2.05, 4.69) is 4.98 Å². The first-order chi connectivity index (χ1) is 11.7. The van der Waals surface area contributed by atoms with E-state index in [0.29, 0.717) is 17.6 Å². The molecule has 0 spiro atoms. The molecule has 0 unspecified atom stereocenters. The van der Waals surface area contributed by atoms with Gasteiger partial charge in [-0.15, -0.1) is 0 Å². The maximum Gasteiger partial charge on any atom is 0.297 e. The van der Waals surface area contributed by atoms with Crippen LogP contribution in [0.1, 0.15) is 12.8 Å². The molecule has 1 aliphatic rings. The third-order valence-electron chi connectivity index (χ3n) is 4.56. The van der Waals surface area contributed by atoms with Crippen LogP contribution in [0.4, 0.5) is 0 Å². The predicted octanol–water partition coefficient (Wildman–Crippen LogP) is 1.13. The molecule has 1 amide bonds. The van der Waals surface area contributed by atoms with E-state index in [9.17, 15) is 14.7 Å². The van der Waals surface area contributed by atoms with Crippen LogP contribution in [0.2, 0.25) is 0 Å². The van der Waals surface area contributed by atoms with E-state index in [-0.39, 0.29) is 36.2 Å². The molecule has 1 aliphatic heterocycles. The Labute approximate surface area is 137 Å². The van der Waals surface area contributed by atoms with Gasteiger partial charge in [0.25, 0.3) is 5.56 Å². The number of furan rings is 1. The van der Waals surface area contributed by atoms with Crippen molar-refractivity contribution in [1.82, 2.24) is 14.5 Å². The quantitative estimate of drug-likeness (QED) is 0.779. The van der Waals surface area contributed by atoms with E-state index >= 15 is 0 Å². The van der Waals surface area contributed by atoms with Gasteiger partial charge in [0.05, 0.1) is 19.0 Å². The van der Waals surface area contributed by atoms with Crippen LogP contribution in [-0.2, 0) is 11.3 Å². The third-order valence-corrected chi connectivity index (χ3v) is 4.56. The second-order valence-corrected chi connectivity index (χ2v) is 6.02. The Morgan fingerprint density at radius 2 is 2.21 bits per heavy atom. The first kappa shape index (κ1) is 14.9. The molecular weight excluding hydrogens is 310 g/mol. The van der Waals surface area contributed by atoms with Crippen molar-refractivity contribution in [3.63, 3.8) is 0 Å². The molecule has 0 saturated carbocycles. The lowest BCUT2D eigenvalue weighted by Gasteiger charge is -2.23. The summed E-state index contributed by atoms with van der Waals surface area (Å²) in [5.74, 6) is -0.189. The minimum Gasteiger partial charge on any atom is -0.448 e. The summed E-state index contributed by atoms with van der Waals surface area (Å²) >= 11 is 0. The molecule has 0 bridgehead atoms. The summed E-state index contributed by atoms with van der Waals surface area (Å²) in [5.41, 5.74) is 0.894. The number of nitrogens with zero attached hydrogens (tertiary/aromatic N) is 3. The normalized spacial score (nSPS) is 17.9. The Kier molecular flexibility index (Phi) is 3.57. The van der Waals surface area contributed by atoms with E-state index in [1.54, 1.807) is 11.0 Å². The van der Waals surface area contributed by atoms with Gasteiger partial charge in [-0.2, -0.15) is 0 Å². The van der Waals surface area contributed by atoms with Crippen molar-refractivity contribution >= 4 is 28.0 Å². The number of amides is 1. The maximum absolute atomic E-state index is 12.6. The highest BCUT2D eigenvalue weighted by Crippen LogP contribution is 2.24. The van der Waals surface area contributed by atoms with Crippen LogP contribution in [0.5, 0.6) is 0 Å². The highest BCUT2D eigenvalue weighted by molar-refractivity contribution is 6.01. The topological polar surface area (TPSA) is 88.6 Å². The molecule has 1 fully saturated rings. The molecule has 1 saturated heterocycles. The van der Waals surface area contributed by atoms with Gasteiger partial charge in [0, 0.05) is 11.9 Å². The summed E-state index contributed by atoms with van der Waals surface area (Å²) in [6, 6.07) is 7.16. The monoisotopic (exact) mass is 327 g/mol. The van der Waals surface area contributed by atoms with Crippen LogP contribution in [0, 0.1) is 0 Å². The van der Waals surface area contributed by atoms with Gasteiger partial charge in [-0.3, -0.25) is 14.2 Å². The molecule has 0 aliphatic carbocycles. The molecule has 4 rings (SSSR count). The summed E-state index contributed by atoms with van der Waals surface area (Å²) in [6.07, 6.45) is 3.04. The zero-order chi connectivity index (χ0) is 16.7. The molecular formula is C17H17N3O4. The van der Waals surface area contributed by atoms with Gasteiger partial charge >= 0.3 is 0 Å². The molecule has 2 aromatic heterocycles. The maximum atomic E-state index is 12.6. The predicted molar refractivity (Wildman–Crippen MR) is 87.6 cm³/mol. The highest BCUT2D eigenvalue weighted by atomic mass is 16.3. The largest absolute Gasteiger partial charge is 0.448 e. The number of likely N-dealkylation sites (tertiary alicyclic amines) is 1. The Morgan fingerprint density at radius 3 is 3.04 bits per heavy atom. The van der Waals surface area contributed by atoms with Gasteiger partial charge in [-0.1, -0.05) is 12.1 Å². The first-order valence-corrected chi connectivity index (χ1v) is 7.96. The fraction of sp³-hybridized carbons (Fsp3) is 0.353. The van der Waals surface area contributed by atoms with Crippen LogP contribution < -0.4 is 5.56 Å². The molecule has 1 atom stereocenters. The number of para-hydroxylation sites is 1. The van der Waals surface area contributed by atoms with Gasteiger partial charge in [-0.25, -0.2) is 4.98 Å². The van der Waals surface area contributed by atoms with Crippen LogP contribution in [0.15, 0.2) is 39.8 Å². The van der Waals surface area contributed by atoms with Crippen molar-refractivity contribution < 1.29 is 14.3 Å². The van der Waals surface area contributed by atoms with Crippen molar-refractivity contribution in [1.29, 1.82) is 0 Å². The number of hydrogen-bond donors (Lipinski definition) is 1. The number of hydrogen-bond acceptors (Lipinski definition) is 5. The molecule has 7 nitrogen and oxygen atoms in total. The fourth-order valence-electron chi connectivity index (χ4n) is 3.32. The molecule has 3 aromatic rings. The molecule has 1 N–H and O–H groups in total. The van der Waals surface area contributed by atoms with Crippen molar-refractivity contribution in [3.05, 3.63) is 40.9 Å². The third kappa shape index (κ3) is 2.28. The standard InChI is InChI=1S/C17H17N3O4/c21-9-11-4-3-7-20(11)14(22)8-19-10-18-15-12-5-1-2-6-13(12)24-16(15)17(19)23/h1-2,5-6,10-11,21H,3-4,7-9H2/t11-/m1/s1. The SMILES string of the molecule is O=C(Cn1cnc2c(oc3ccccc32)c1=O)N1CCC[C@@H]1CO. The lowest BCUT2D eigenvalue weighted by molar-refractivity contribution is -0.133. The molecule has 24 heavy (non-hydrogen) atoms. The minimum absolute atomic E-state index is 0.0541. The molecule has 7 heteroatoms. The second-order valence-electron chi connectivity index (χ2n) is 6.02. The number of carbonyl (C=O) groups excluding carboxylic acids is 1. The van der Waals surface area contributed by atoms with Gasteiger partial charge in [0.15, 0.2) is 0 Å². The van der Waals surface area contributed by atoms with Gasteiger partial charge in [0.2, 0.25) is 11.5 Å². The van der Waals surface area contributed by atoms with Crippen molar-refractivity contribution in [3.8, 4) is 0 Å². The van der Waals surface area contributed by atoms with E-state index in [0.717, 1.165) is 18.2 Å². The Bertz CT molecular complexity index is 975. The van der Waals surface area contributed by atoms with Crippen LogP contribution in [-0.4, -0.2) is 44.7 Å². The minimum atomic E-state index is -0.371. The lowest BCUT2D eigenvalue weighted by atomic mass is 10.2. The summed E-state index contributed by atoms with van der Waals surface area (Å²) < 4.78 is 6.88. The number of aliphatic hydroxyl groups is 1. The number of carbonyl (C=O) groups is 1. The van der Waals surface area contributed by atoms with Gasteiger partial charge < -0.3 is 14.4 Å². The number of rotatable bonds is 3. The number of aromatic nitrogens is 2. The van der Waals surface area contributed by atoms with E-state index in [4.69, 9.17) is 4.42 Å². The van der Waals surface area contributed by atoms with Crippen molar-refractivity contribution in [2.45, 2.75) is 25.4 Å². The van der Waals surface area contributed by atoms with E-state index < -0.39 is 0 Å². The zero-order valence-corrected chi connectivity index (χ0v) is 13.0. The Hall–Kier alpha value is -2.67. The Balaban J connectivity index is 1.70. The number of benzene rings is 1. The Morgan fingerprint density at radius 1 is 1.38 bits per heavy atom. The zero-order valence-electron chi connectivity index (χ0n) is 13.0. The van der Waals surface area contributed by atoms with Gasteiger partial charge in [0.1, 0.15) is 17.6 Å². The number of fused-ring (bicyclic) bond motifs is 3. The van der Waals surface area contributed by atoms with Crippen molar-refractivity contribution in [2.75, 3.05) is 13.2 Å². The summed E-state index contributed by atoms with van der Waals surface area (Å²) in [6.45, 7) is 0.454. The smallest absolute Gasteiger partial charge is 0.297 e. The average Bonchev–Trinajstić information content (AvgIpc) is 3.21. The highest BCUT2D eigenvalue weighted by Gasteiger charge is 2.28. The van der Waals surface area contributed by atoms with Gasteiger partial charge in [-0.05, 0) is 25.0 Å². The molecule has 0 radical (unpaired) electrons. The fourth-order valence-corrected chi connectivity index (χ4v) is 3.32. The van der Waals surface area contributed by atoms with E-state index in [1.807, 2.05) is 18.2 Å². The summed E-state index contributed by atoms with van der Waals surface area (Å²) in [4.78, 5) is 31.0. The average molecular weight is 327 g/mol. The van der Waals surface area contributed by atoms with Crippen LogP contribution in [0.3, 0.4) is 0 Å². The summed E-state index contributed by atoms with van der Waals surface area (Å²) in [7, 11) is 0. The molecule has 124 valence electrons. The second kappa shape index (κ2) is 5.76. The molecule has 1 aromatic carbocycles. The summed E-state index contributed by atoms with van der Waals surface area (Å²) in [5, 5.41) is 10.1. The van der Waals surface area contributed by atoms with Crippen molar-refractivity contribution in [2.24, 2.45) is 0 Å². The van der Waals surface area contributed by atoms with Crippen LogP contribution >= 0.6 is 0 Å². The van der Waals surface area contributed by atoms with E-state index in [1.165, 1.54) is 10.9 Å². The number of aliphatic hydroxyl groups excluding tert-OH is 1. The lowest BCUT2D eigenvalue weighted by Crippen LogP contribution is -2.41.